The van der Waals surface area contributed by atoms with Crippen LogP contribution in [0.3, 0.4) is 0 Å². The summed E-state index contributed by atoms with van der Waals surface area (Å²) < 4.78 is 86.3. The summed E-state index contributed by atoms with van der Waals surface area (Å²) in [5.41, 5.74) is -0.714. The number of fused-ring (bicyclic) bond motifs is 2. The highest BCUT2D eigenvalue weighted by Gasteiger charge is 2.55. The standard InChI is InChI=1S/C29H28F4N6O3S/c1-2-10-37-17-24(16-35-37)43(41,42)38-11-8-20-13-26-19(15-36-39(26)23-5-3-22(30)4-6-23)14-28(20,18-38)27(40)25-12-21(7-9-34-25)29(31,32)33/h3-7,9,12,15-17,20H,2,8,10-11,13-14,18H2,1H3/t20-,28-/m0/s1. The van der Waals surface area contributed by atoms with Crippen LogP contribution in [0.5, 0.6) is 0 Å². The van der Waals surface area contributed by atoms with Crippen LogP contribution in [0.2, 0.25) is 0 Å². The fraction of sp³-hybridized carbons (Fsp3) is 0.379. The van der Waals surface area contributed by atoms with Crippen molar-refractivity contribution in [2.75, 3.05) is 13.1 Å². The normalized spacial score (nSPS) is 20.9. The van der Waals surface area contributed by atoms with E-state index in [4.69, 9.17) is 0 Å². The zero-order chi connectivity index (χ0) is 30.6. The number of pyridine rings is 1. The number of hydrogen-bond donors (Lipinski definition) is 0. The van der Waals surface area contributed by atoms with Crippen LogP contribution in [0, 0.1) is 17.2 Å². The van der Waals surface area contributed by atoms with Crippen molar-refractivity contribution in [3.05, 3.63) is 89.5 Å². The van der Waals surface area contributed by atoms with E-state index in [1.54, 1.807) is 23.0 Å². The fourth-order valence-electron chi connectivity index (χ4n) is 6.25. The van der Waals surface area contributed by atoms with E-state index in [0.29, 0.717) is 24.2 Å². The monoisotopic (exact) mass is 616 g/mol. The molecule has 0 bridgehead atoms. The molecule has 226 valence electrons. The van der Waals surface area contributed by atoms with E-state index >= 15 is 0 Å². The van der Waals surface area contributed by atoms with E-state index in [9.17, 15) is 30.8 Å². The van der Waals surface area contributed by atoms with Crippen molar-refractivity contribution in [3.63, 3.8) is 0 Å². The molecule has 0 saturated carbocycles. The third-order valence-corrected chi connectivity index (χ3v) is 10.2. The number of aryl methyl sites for hydroxylation is 1. The SMILES string of the molecule is CCCn1cc(S(=O)(=O)N2CC[C@H]3Cc4c(cnn4-c4ccc(F)cc4)C[C@]3(C(=O)c3cc(C(F)(F)F)ccn3)C2)cn1. The lowest BCUT2D eigenvalue weighted by Gasteiger charge is -2.49. The molecule has 0 amide bonds. The second-order valence-corrected chi connectivity index (χ2v) is 13.0. The number of benzene rings is 1. The number of carbonyl (C=O) groups is 1. The molecule has 4 heterocycles. The summed E-state index contributed by atoms with van der Waals surface area (Å²) in [5, 5.41) is 8.62. The molecular formula is C29H28F4N6O3S. The number of rotatable bonds is 7. The van der Waals surface area contributed by atoms with Gasteiger partial charge in [-0.2, -0.15) is 27.7 Å². The Morgan fingerprint density at radius 2 is 1.88 bits per heavy atom. The fourth-order valence-corrected chi connectivity index (χ4v) is 7.73. The average molecular weight is 617 g/mol. The van der Waals surface area contributed by atoms with Crippen LogP contribution in [0.25, 0.3) is 5.69 Å². The molecule has 1 aliphatic heterocycles. The summed E-state index contributed by atoms with van der Waals surface area (Å²) >= 11 is 0. The molecule has 0 N–H and O–H groups in total. The number of sulfonamides is 1. The van der Waals surface area contributed by atoms with Crippen LogP contribution in [-0.2, 0) is 35.6 Å². The maximum atomic E-state index is 14.3. The molecule has 1 saturated heterocycles. The Morgan fingerprint density at radius 3 is 2.60 bits per heavy atom. The average Bonchev–Trinajstić information content (AvgIpc) is 3.63. The Balaban J connectivity index is 1.42. The Kier molecular flexibility index (Phi) is 7.24. The molecule has 0 unspecified atom stereocenters. The van der Waals surface area contributed by atoms with Gasteiger partial charge in [0.2, 0.25) is 10.0 Å². The van der Waals surface area contributed by atoms with Crippen LogP contribution in [0.1, 0.15) is 47.1 Å². The van der Waals surface area contributed by atoms with Crippen molar-refractivity contribution in [3.8, 4) is 5.69 Å². The Labute approximate surface area is 245 Å². The van der Waals surface area contributed by atoms with Crippen molar-refractivity contribution in [2.45, 2.75) is 50.2 Å². The Bertz CT molecular complexity index is 1780. The van der Waals surface area contributed by atoms with E-state index in [2.05, 4.69) is 15.2 Å². The molecule has 0 radical (unpaired) electrons. The third-order valence-electron chi connectivity index (χ3n) is 8.41. The predicted octanol–water partition coefficient (Wildman–Crippen LogP) is 4.71. The highest BCUT2D eigenvalue weighted by Crippen LogP contribution is 2.48. The number of carbonyl (C=O) groups excluding carboxylic acids is 1. The molecule has 0 spiro atoms. The lowest BCUT2D eigenvalue weighted by molar-refractivity contribution is -0.137. The van der Waals surface area contributed by atoms with Crippen LogP contribution in [0.15, 0.2) is 66.1 Å². The zero-order valence-corrected chi connectivity index (χ0v) is 23.9. The molecule has 6 rings (SSSR count). The molecule has 2 atom stereocenters. The molecule has 1 aliphatic carbocycles. The van der Waals surface area contributed by atoms with Gasteiger partial charge in [-0.1, -0.05) is 6.92 Å². The van der Waals surface area contributed by atoms with Crippen molar-refractivity contribution in [1.29, 1.82) is 0 Å². The van der Waals surface area contributed by atoms with Gasteiger partial charge in [0.1, 0.15) is 16.4 Å². The first-order valence-electron chi connectivity index (χ1n) is 13.8. The summed E-state index contributed by atoms with van der Waals surface area (Å²) in [7, 11) is -4.07. The minimum Gasteiger partial charge on any atom is -0.292 e. The highest BCUT2D eigenvalue weighted by molar-refractivity contribution is 7.89. The van der Waals surface area contributed by atoms with E-state index in [-0.39, 0.29) is 36.5 Å². The van der Waals surface area contributed by atoms with Crippen molar-refractivity contribution < 1.29 is 30.8 Å². The number of ketones is 1. The number of nitrogens with zero attached hydrogens (tertiary/aromatic N) is 6. The zero-order valence-electron chi connectivity index (χ0n) is 23.1. The van der Waals surface area contributed by atoms with Gasteiger partial charge in [0.15, 0.2) is 5.78 Å². The van der Waals surface area contributed by atoms with Crippen LogP contribution < -0.4 is 0 Å². The van der Waals surface area contributed by atoms with Gasteiger partial charge in [-0.15, -0.1) is 0 Å². The summed E-state index contributed by atoms with van der Waals surface area (Å²) in [6.45, 7) is 2.34. The topological polar surface area (TPSA) is 103 Å². The van der Waals surface area contributed by atoms with Crippen molar-refractivity contribution >= 4 is 15.8 Å². The quantitative estimate of drug-likeness (QED) is 0.220. The summed E-state index contributed by atoms with van der Waals surface area (Å²) in [4.78, 5) is 18.3. The van der Waals surface area contributed by atoms with Crippen LogP contribution in [0.4, 0.5) is 17.6 Å². The van der Waals surface area contributed by atoms with Gasteiger partial charge in [0, 0.05) is 37.7 Å². The molecule has 1 aromatic carbocycles. The van der Waals surface area contributed by atoms with Gasteiger partial charge in [0.25, 0.3) is 0 Å². The maximum absolute atomic E-state index is 14.3. The molecule has 43 heavy (non-hydrogen) atoms. The molecular weight excluding hydrogens is 588 g/mol. The van der Waals surface area contributed by atoms with Gasteiger partial charge in [-0.05, 0) is 73.6 Å². The first kappa shape index (κ1) is 29.2. The Hall–Kier alpha value is -3.91. The van der Waals surface area contributed by atoms with Crippen molar-refractivity contribution in [1.82, 2.24) is 28.9 Å². The van der Waals surface area contributed by atoms with E-state index in [1.807, 2.05) is 6.92 Å². The summed E-state index contributed by atoms with van der Waals surface area (Å²) in [5.74, 6) is -1.48. The van der Waals surface area contributed by atoms with Crippen LogP contribution in [-0.4, -0.2) is 56.1 Å². The number of alkyl halides is 3. The highest BCUT2D eigenvalue weighted by atomic mass is 32.2. The molecule has 3 aromatic heterocycles. The molecule has 14 heteroatoms. The first-order valence-corrected chi connectivity index (χ1v) is 15.3. The molecule has 1 fully saturated rings. The summed E-state index contributed by atoms with van der Waals surface area (Å²) in [6, 6.07) is 7.31. The lowest BCUT2D eigenvalue weighted by atomic mass is 9.60. The van der Waals surface area contributed by atoms with Gasteiger partial charge in [0.05, 0.1) is 29.1 Å². The van der Waals surface area contributed by atoms with Crippen molar-refractivity contribution in [2.24, 2.45) is 11.3 Å². The second kappa shape index (κ2) is 10.7. The third kappa shape index (κ3) is 5.16. The lowest BCUT2D eigenvalue weighted by Crippen LogP contribution is -2.57. The van der Waals surface area contributed by atoms with Gasteiger partial charge in [-0.25, -0.2) is 17.5 Å². The minimum atomic E-state index is -4.69. The largest absolute Gasteiger partial charge is 0.416 e. The number of Topliss-reactive ketones (excluding diaryl/α,β-unsaturated/α-hetero) is 1. The Morgan fingerprint density at radius 1 is 1.12 bits per heavy atom. The van der Waals surface area contributed by atoms with Gasteiger partial charge < -0.3 is 0 Å². The summed E-state index contributed by atoms with van der Waals surface area (Å²) in [6.07, 6.45) is 1.94. The number of piperidine rings is 1. The molecule has 4 aromatic rings. The van der Waals surface area contributed by atoms with Gasteiger partial charge >= 0.3 is 6.18 Å². The first-order chi connectivity index (χ1) is 20.4. The maximum Gasteiger partial charge on any atom is 0.416 e. The van der Waals surface area contributed by atoms with E-state index in [1.165, 1.54) is 33.5 Å². The minimum absolute atomic E-state index is 0.0141. The van der Waals surface area contributed by atoms with Crippen LogP contribution >= 0.6 is 0 Å². The molecule has 2 aliphatic rings. The predicted molar refractivity (Wildman–Crippen MR) is 146 cm³/mol. The second-order valence-electron chi connectivity index (χ2n) is 11.1. The molecule has 9 nitrogen and oxygen atoms in total. The van der Waals surface area contributed by atoms with E-state index in [0.717, 1.165) is 30.4 Å². The number of hydrogen-bond acceptors (Lipinski definition) is 6. The number of halogens is 4. The smallest absolute Gasteiger partial charge is 0.292 e. The number of aromatic nitrogens is 5. The van der Waals surface area contributed by atoms with Gasteiger partial charge in [-0.3, -0.25) is 14.5 Å². The van der Waals surface area contributed by atoms with E-state index < -0.39 is 44.7 Å².